The van der Waals surface area contributed by atoms with Crippen molar-refractivity contribution in [3.05, 3.63) is 36.2 Å². The van der Waals surface area contributed by atoms with Gasteiger partial charge in [0.05, 0.1) is 5.69 Å². The highest BCUT2D eigenvalue weighted by molar-refractivity contribution is 5.52. The lowest BCUT2D eigenvalue weighted by molar-refractivity contribution is 0.871. The van der Waals surface area contributed by atoms with Crippen molar-refractivity contribution in [3.8, 4) is 0 Å². The first kappa shape index (κ1) is 9.45. The van der Waals surface area contributed by atoms with Crippen LogP contribution in [0.2, 0.25) is 0 Å². The van der Waals surface area contributed by atoms with E-state index in [1.165, 1.54) is 0 Å². The molecule has 0 aliphatic carbocycles. The van der Waals surface area contributed by atoms with Gasteiger partial charge in [0, 0.05) is 6.20 Å². The zero-order valence-corrected chi connectivity index (χ0v) is 7.94. The van der Waals surface area contributed by atoms with Crippen LogP contribution < -0.4 is 0 Å². The monoisotopic (exact) mass is 175 g/mol. The van der Waals surface area contributed by atoms with E-state index in [1.54, 1.807) is 4.68 Å². The minimum absolute atomic E-state index is 0.728. The molecule has 0 spiro atoms. The summed E-state index contributed by atoms with van der Waals surface area (Å²) in [6.07, 6.45) is 7.56. The number of rotatable bonds is 3. The highest BCUT2D eigenvalue weighted by atomic mass is 15.3. The van der Waals surface area contributed by atoms with Crippen molar-refractivity contribution >= 4 is 12.5 Å². The zero-order valence-electron chi connectivity index (χ0n) is 7.94. The van der Waals surface area contributed by atoms with Crippen LogP contribution in [0.1, 0.15) is 12.6 Å². The predicted octanol–water partition coefficient (Wildman–Crippen LogP) is 2.27. The fourth-order valence-electron chi connectivity index (χ4n) is 0.926. The molecule has 0 aliphatic rings. The third kappa shape index (κ3) is 2.40. The Kier molecular flexibility index (Phi) is 3.20. The minimum Gasteiger partial charge on any atom is -0.245 e. The summed E-state index contributed by atoms with van der Waals surface area (Å²) < 4.78 is 1.70. The highest BCUT2D eigenvalue weighted by Gasteiger charge is 1.96. The van der Waals surface area contributed by atoms with Gasteiger partial charge >= 0.3 is 0 Å². The molecule has 1 rings (SSSR count). The SMILES string of the molecule is C=N/C(=C\C=C/C)n1ccc(C)n1. The molecule has 0 bridgehead atoms. The Morgan fingerprint density at radius 2 is 2.46 bits per heavy atom. The van der Waals surface area contributed by atoms with Gasteiger partial charge in [-0.05, 0) is 32.7 Å². The first-order valence-corrected chi connectivity index (χ1v) is 4.10. The van der Waals surface area contributed by atoms with Crippen molar-refractivity contribution < 1.29 is 0 Å². The molecule has 0 unspecified atom stereocenters. The van der Waals surface area contributed by atoms with E-state index in [2.05, 4.69) is 16.8 Å². The molecule has 3 nitrogen and oxygen atoms in total. The summed E-state index contributed by atoms with van der Waals surface area (Å²) in [5.74, 6) is 0.728. The molecule has 0 aliphatic heterocycles. The van der Waals surface area contributed by atoms with E-state index in [9.17, 15) is 0 Å². The number of hydrogen-bond acceptors (Lipinski definition) is 2. The van der Waals surface area contributed by atoms with Crippen molar-refractivity contribution in [2.24, 2.45) is 4.99 Å². The van der Waals surface area contributed by atoms with E-state index in [-0.39, 0.29) is 0 Å². The molecule has 1 heterocycles. The topological polar surface area (TPSA) is 30.2 Å². The molecule has 3 heteroatoms. The first-order chi connectivity index (χ1) is 6.27. The molecule has 0 saturated carbocycles. The Bertz CT molecular complexity index is 345. The molecule has 0 atom stereocenters. The molecule has 13 heavy (non-hydrogen) atoms. The van der Waals surface area contributed by atoms with Gasteiger partial charge in [-0.2, -0.15) is 5.10 Å². The van der Waals surface area contributed by atoms with E-state index >= 15 is 0 Å². The summed E-state index contributed by atoms with van der Waals surface area (Å²) in [5, 5.41) is 4.22. The number of nitrogens with zero attached hydrogens (tertiary/aromatic N) is 3. The Balaban J connectivity index is 2.96. The average molecular weight is 175 g/mol. The standard InChI is InChI=1S/C10H13N3/c1-4-5-6-10(11-3)13-8-7-9(2)12-13/h4-8H,3H2,1-2H3/b5-4-,10-6+. The second-order valence-electron chi connectivity index (χ2n) is 2.61. The molecule has 0 radical (unpaired) electrons. The molecule has 0 amide bonds. The Morgan fingerprint density at radius 1 is 1.69 bits per heavy atom. The summed E-state index contributed by atoms with van der Waals surface area (Å²) in [7, 11) is 0. The Hall–Kier alpha value is -1.64. The maximum absolute atomic E-state index is 4.22. The Labute approximate surface area is 78.1 Å². The fraction of sp³-hybridized carbons (Fsp3) is 0.200. The van der Waals surface area contributed by atoms with E-state index in [4.69, 9.17) is 0 Å². The van der Waals surface area contributed by atoms with Gasteiger partial charge in [0.15, 0.2) is 5.82 Å². The van der Waals surface area contributed by atoms with E-state index in [0.717, 1.165) is 11.5 Å². The van der Waals surface area contributed by atoms with Gasteiger partial charge in [-0.15, -0.1) is 0 Å². The number of aromatic nitrogens is 2. The van der Waals surface area contributed by atoms with Gasteiger partial charge < -0.3 is 0 Å². The minimum atomic E-state index is 0.728. The Morgan fingerprint density at radius 3 is 2.92 bits per heavy atom. The lowest BCUT2D eigenvalue weighted by atomic mass is 10.5. The third-order valence-corrected chi connectivity index (χ3v) is 1.56. The molecule has 68 valence electrons. The number of hydrogen-bond donors (Lipinski definition) is 0. The van der Waals surface area contributed by atoms with Crippen molar-refractivity contribution in [1.82, 2.24) is 9.78 Å². The fourth-order valence-corrected chi connectivity index (χ4v) is 0.926. The van der Waals surface area contributed by atoms with Gasteiger partial charge in [0.2, 0.25) is 0 Å². The summed E-state index contributed by atoms with van der Waals surface area (Å²) in [6, 6.07) is 1.93. The largest absolute Gasteiger partial charge is 0.245 e. The van der Waals surface area contributed by atoms with Crippen LogP contribution in [0, 0.1) is 6.92 Å². The van der Waals surface area contributed by atoms with Gasteiger partial charge in [-0.3, -0.25) is 0 Å². The van der Waals surface area contributed by atoms with Crippen LogP contribution in [0.5, 0.6) is 0 Å². The van der Waals surface area contributed by atoms with Crippen LogP contribution in [-0.4, -0.2) is 16.5 Å². The molecule has 0 fully saturated rings. The van der Waals surface area contributed by atoms with Crippen LogP contribution >= 0.6 is 0 Å². The normalized spacial score (nSPS) is 12.3. The maximum Gasteiger partial charge on any atom is 0.152 e. The van der Waals surface area contributed by atoms with Gasteiger partial charge in [0.1, 0.15) is 0 Å². The number of allylic oxidation sites excluding steroid dienone is 3. The maximum atomic E-state index is 4.22. The second kappa shape index (κ2) is 4.40. The summed E-state index contributed by atoms with van der Waals surface area (Å²) in [4.78, 5) is 3.87. The van der Waals surface area contributed by atoms with Gasteiger partial charge in [-0.1, -0.05) is 12.2 Å². The molecule has 0 N–H and O–H groups in total. The second-order valence-corrected chi connectivity index (χ2v) is 2.61. The molecule has 0 aromatic carbocycles. The summed E-state index contributed by atoms with van der Waals surface area (Å²) in [5.41, 5.74) is 0.968. The van der Waals surface area contributed by atoms with Crippen molar-refractivity contribution in [2.75, 3.05) is 0 Å². The van der Waals surface area contributed by atoms with Gasteiger partial charge in [0.25, 0.3) is 0 Å². The summed E-state index contributed by atoms with van der Waals surface area (Å²) >= 11 is 0. The molecule has 1 aromatic heterocycles. The van der Waals surface area contributed by atoms with Crippen molar-refractivity contribution in [2.45, 2.75) is 13.8 Å². The quantitative estimate of drug-likeness (QED) is 0.512. The lowest BCUT2D eigenvalue weighted by Crippen LogP contribution is -1.94. The molecular formula is C10H13N3. The van der Waals surface area contributed by atoms with Crippen LogP contribution in [0.3, 0.4) is 0 Å². The zero-order chi connectivity index (χ0) is 9.68. The van der Waals surface area contributed by atoms with Crippen LogP contribution in [0.25, 0.3) is 5.82 Å². The van der Waals surface area contributed by atoms with Crippen molar-refractivity contribution in [1.29, 1.82) is 0 Å². The number of aliphatic imine (C=N–C) groups is 1. The predicted molar refractivity (Wildman–Crippen MR) is 55.6 cm³/mol. The van der Waals surface area contributed by atoms with E-state index < -0.39 is 0 Å². The third-order valence-electron chi connectivity index (χ3n) is 1.56. The lowest BCUT2D eigenvalue weighted by Gasteiger charge is -1.98. The van der Waals surface area contributed by atoms with Gasteiger partial charge in [-0.25, -0.2) is 9.67 Å². The molecule has 0 saturated heterocycles. The van der Waals surface area contributed by atoms with E-state index in [1.807, 2.05) is 44.3 Å². The smallest absolute Gasteiger partial charge is 0.152 e. The highest BCUT2D eigenvalue weighted by Crippen LogP contribution is 2.05. The summed E-state index contributed by atoms with van der Waals surface area (Å²) in [6.45, 7) is 7.37. The van der Waals surface area contributed by atoms with Crippen LogP contribution in [0.4, 0.5) is 0 Å². The first-order valence-electron chi connectivity index (χ1n) is 4.10. The number of aryl methyl sites for hydroxylation is 1. The molecular weight excluding hydrogens is 162 g/mol. The van der Waals surface area contributed by atoms with Crippen LogP contribution in [-0.2, 0) is 0 Å². The van der Waals surface area contributed by atoms with E-state index in [0.29, 0.717) is 0 Å². The van der Waals surface area contributed by atoms with Crippen LogP contribution in [0.15, 0.2) is 35.5 Å². The molecule has 1 aromatic rings. The van der Waals surface area contributed by atoms with Crippen molar-refractivity contribution in [3.63, 3.8) is 0 Å². The average Bonchev–Trinajstić information content (AvgIpc) is 2.54.